The zero-order valence-corrected chi connectivity index (χ0v) is 10.2. The lowest BCUT2D eigenvalue weighted by atomic mass is 10.0. The summed E-state index contributed by atoms with van der Waals surface area (Å²) in [5, 5.41) is 3.32. The summed E-state index contributed by atoms with van der Waals surface area (Å²) in [4.78, 5) is 12.1. The Morgan fingerprint density at radius 3 is 2.50 bits per heavy atom. The van der Waals surface area contributed by atoms with Crippen molar-refractivity contribution in [1.29, 1.82) is 0 Å². The molecule has 2 nitrogen and oxygen atoms in total. The molecule has 1 atom stereocenters. The van der Waals surface area contributed by atoms with Crippen molar-refractivity contribution in [3.63, 3.8) is 0 Å². The highest BCUT2D eigenvalue weighted by Crippen LogP contribution is 2.06. The molecule has 1 rings (SSSR count). The molecule has 0 bridgehead atoms. The normalized spacial score (nSPS) is 12.4. The van der Waals surface area contributed by atoms with Crippen LogP contribution >= 0.6 is 0 Å². The molecular formula is C14H21NO. The Bertz CT molecular complexity index is 308. The molecule has 0 spiro atoms. The van der Waals surface area contributed by atoms with E-state index in [0.717, 1.165) is 31.4 Å². The van der Waals surface area contributed by atoms with Crippen LogP contribution in [0.5, 0.6) is 0 Å². The highest BCUT2D eigenvalue weighted by molar-refractivity contribution is 6.00. The van der Waals surface area contributed by atoms with E-state index in [2.05, 4.69) is 12.2 Å². The molecule has 0 heterocycles. The number of hydrogen-bond acceptors (Lipinski definition) is 2. The summed E-state index contributed by atoms with van der Waals surface area (Å²) in [6, 6.07) is 9.48. The van der Waals surface area contributed by atoms with Gasteiger partial charge in [-0.05, 0) is 19.4 Å². The van der Waals surface area contributed by atoms with E-state index < -0.39 is 0 Å². The van der Waals surface area contributed by atoms with Crippen LogP contribution in [-0.2, 0) is 0 Å². The van der Waals surface area contributed by atoms with Crippen molar-refractivity contribution in [1.82, 2.24) is 5.32 Å². The monoisotopic (exact) mass is 219 g/mol. The van der Waals surface area contributed by atoms with Gasteiger partial charge in [-0.3, -0.25) is 4.79 Å². The molecule has 0 saturated heterocycles. The van der Waals surface area contributed by atoms with E-state index in [4.69, 9.17) is 0 Å². The third kappa shape index (κ3) is 3.78. The molecular weight excluding hydrogens is 198 g/mol. The van der Waals surface area contributed by atoms with Crippen molar-refractivity contribution in [2.45, 2.75) is 39.2 Å². The fraction of sp³-hybridized carbons (Fsp3) is 0.500. The average Bonchev–Trinajstić information content (AvgIpc) is 2.35. The Hall–Kier alpha value is -1.15. The van der Waals surface area contributed by atoms with Crippen LogP contribution in [0.4, 0.5) is 0 Å². The van der Waals surface area contributed by atoms with E-state index in [1.165, 1.54) is 0 Å². The minimum Gasteiger partial charge on any atom is -0.307 e. The molecule has 1 aromatic carbocycles. The fourth-order valence-corrected chi connectivity index (χ4v) is 1.68. The summed E-state index contributed by atoms with van der Waals surface area (Å²) in [6.07, 6.45) is 3.12. The second-order valence-electron chi connectivity index (χ2n) is 4.00. The van der Waals surface area contributed by atoms with Gasteiger partial charge in [0, 0.05) is 5.56 Å². The van der Waals surface area contributed by atoms with Gasteiger partial charge in [-0.1, -0.05) is 50.6 Å². The van der Waals surface area contributed by atoms with E-state index in [9.17, 15) is 4.79 Å². The van der Waals surface area contributed by atoms with Gasteiger partial charge < -0.3 is 5.32 Å². The summed E-state index contributed by atoms with van der Waals surface area (Å²) in [6.45, 7) is 5.12. The maximum atomic E-state index is 12.1. The summed E-state index contributed by atoms with van der Waals surface area (Å²) in [5.74, 6) is 0.208. The minimum atomic E-state index is -0.0334. The molecule has 1 aromatic rings. The van der Waals surface area contributed by atoms with E-state index in [1.807, 2.05) is 37.3 Å². The molecule has 0 aliphatic carbocycles. The highest BCUT2D eigenvalue weighted by atomic mass is 16.1. The molecule has 0 aliphatic heterocycles. The largest absolute Gasteiger partial charge is 0.307 e. The Morgan fingerprint density at radius 1 is 1.25 bits per heavy atom. The quantitative estimate of drug-likeness (QED) is 0.564. The topological polar surface area (TPSA) is 29.1 Å². The van der Waals surface area contributed by atoms with Gasteiger partial charge in [0.2, 0.25) is 0 Å². The van der Waals surface area contributed by atoms with Gasteiger partial charge in [-0.25, -0.2) is 0 Å². The molecule has 0 aromatic heterocycles. The van der Waals surface area contributed by atoms with Gasteiger partial charge in [-0.2, -0.15) is 0 Å². The van der Waals surface area contributed by atoms with Crippen LogP contribution in [0.1, 0.15) is 43.5 Å². The van der Waals surface area contributed by atoms with E-state index in [-0.39, 0.29) is 11.8 Å². The molecule has 2 heteroatoms. The van der Waals surface area contributed by atoms with Crippen LogP contribution in [0.3, 0.4) is 0 Å². The van der Waals surface area contributed by atoms with E-state index in [1.54, 1.807) is 0 Å². The lowest BCUT2D eigenvalue weighted by Crippen LogP contribution is -2.36. The summed E-state index contributed by atoms with van der Waals surface area (Å²) in [5.41, 5.74) is 0.804. The molecule has 0 saturated carbocycles. The van der Waals surface area contributed by atoms with Gasteiger partial charge in [0.15, 0.2) is 5.78 Å². The second-order valence-corrected chi connectivity index (χ2v) is 4.00. The van der Waals surface area contributed by atoms with Crippen LogP contribution in [-0.4, -0.2) is 18.4 Å². The maximum absolute atomic E-state index is 12.1. The molecule has 0 aliphatic rings. The number of carbonyl (C=O) groups excluding carboxylic acids is 1. The lowest BCUT2D eigenvalue weighted by molar-refractivity contribution is 0.0940. The van der Waals surface area contributed by atoms with Crippen LogP contribution in [0, 0.1) is 0 Å². The van der Waals surface area contributed by atoms with Gasteiger partial charge >= 0.3 is 0 Å². The van der Waals surface area contributed by atoms with E-state index in [0.29, 0.717) is 0 Å². The Labute approximate surface area is 98.1 Å². The highest BCUT2D eigenvalue weighted by Gasteiger charge is 2.16. The van der Waals surface area contributed by atoms with Crippen LogP contribution < -0.4 is 5.32 Å². The van der Waals surface area contributed by atoms with Crippen molar-refractivity contribution in [2.75, 3.05) is 6.54 Å². The van der Waals surface area contributed by atoms with Crippen LogP contribution in [0.2, 0.25) is 0 Å². The van der Waals surface area contributed by atoms with Crippen molar-refractivity contribution < 1.29 is 4.79 Å². The third-order valence-corrected chi connectivity index (χ3v) is 2.70. The second kappa shape index (κ2) is 7.18. The zero-order valence-electron chi connectivity index (χ0n) is 10.2. The number of benzene rings is 1. The predicted molar refractivity (Wildman–Crippen MR) is 67.8 cm³/mol. The number of unbranched alkanes of at least 4 members (excludes halogenated alkanes) is 1. The standard InChI is InChI=1S/C14H21NO/c1-3-5-11-15-13(4-2)14(16)12-9-7-6-8-10-12/h6-10,13,15H,3-5,11H2,1-2H3. The smallest absolute Gasteiger partial charge is 0.179 e. The van der Waals surface area contributed by atoms with Crippen LogP contribution in [0.15, 0.2) is 30.3 Å². The number of nitrogens with one attached hydrogen (secondary N) is 1. The first-order valence-corrected chi connectivity index (χ1v) is 6.12. The van der Waals surface area contributed by atoms with Crippen molar-refractivity contribution in [2.24, 2.45) is 0 Å². The number of rotatable bonds is 7. The van der Waals surface area contributed by atoms with Crippen molar-refractivity contribution >= 4 is 5.78 Å². The first-order chi connectivity index (χ1) is 7.79. The maximum Gasteiger partial charge on any atom is 0.179 e. The number of ketones is 1. The Balaban J connectivity index is 2.56. The lowest BCUT2D eigenvalue weighted by Gasteiger charge is -2.15. The summed E-state index contributed by atoms with van der Waals surface area (Å²) >= 11 is 0. The molecule has 88 valence electrons. The summed E-state index contributed by atoms with van der Waals surface area (Å²) < 4.78 is 0. The van der Waals surface area contributed by atoms with Gasteiger partial charge in [-0.15, -0.1) is 0 Å². The van der Waals surface area contributed by atoms with Gasteiger partial charge in [0.25, 0.3) is 0 Å². The Kier molecular flexibility index (Phi) is 5.79. The number of carbonyl (C=O) groups is 1. The molecule has 1 N–H and O–H groups in total. The van der Waals surface area contributed by atoms with Crippen LogP contribution in [0.25, 0.3) is 0 Å². The van der Waals surface area contributed by atoms with E-state index >= 15 is 0 Å². The predicted octanol–water partition coefficient (Wildman–Crippen LogP) is 3.04. The minimum absolute atomic E-state index is 0.0334. The first-order valence-electron chi connectivity index (χ1n) is 6.12. The fourth-order valence-electron chi connectivity index (χ4n) is 1.68. The number of Topliss-reactive ketones (excluding diaryl/α,β-unsaturated/α-hetero) is 1. The molecule has 16 heavy (non-hydrogen) atoms. The van der Waals surface area contributed by atoms with Gasteiger partial charge in [0.05, 0.1) is 6.04 Å². The Morgan fingerprint density at radius 2 is 1.94 bits per heavy atom. The molecule has 0 radical (unpaired) electrons. The van der Waals surface area contributed by atoms with Gasteiger partial charge in [0.1, 0.15) is 0 Å². The third-order valence-electron chi connectivity index (χ3n) is 2.70. The molecule has 0 amide bonds. The molecule has 1 unspecified atom stereocenters. The summed E-state index contributed by atoms with van der Waals surface area (Å²) in [7, 11) is 0. The SMILES string of the molecule is CCCCNC(CC)C(=O)c1ccccc1. The van der Waals surface area contributed by atoms with Crippen molar-refractivity contribution in [3.8, 4) is 0 Å². The first kappa shape index (κ1) is 12.9. The molecule has 0 fully saturated rings. The number of hydrogen-bond donors (Lipinski definition) is 1. The average molecular weight is 219 g/mol. The van der Waals surface area contributed by atoms with Crippen molar-refractivity contribution in [3.05, 3.63) is 35.9 Å². The zero-order chi connectivity index (χ0) is 11.8.